The molecule has 1 aliphatic rings. The van der Waals surface area contributed by atoms with Crippen LogP contribution in [0.1, 0.15) is 36.0 Å². The van der Waals surface area contributed by atoms with Gasteiger partial charge in [0.15, 0.2) is 0 Å². The van der Waals surface area contributed by atoms with Crippen molar-refractivity contribution in [2.24, 2.45) is 0 Å². The molecule has 0 saturated heterocycles. The summed E-state index contributed by atoms with van der Waals surface area (Å²) < 4.78 is 14.7. The Morgan fingerprint density at radius 2 is 2.04 bits per heavy atom. The molecule has 1 aromatic heterocycles. The summed E-state index contributed by atoms with van der Waals surface area (Å²) in [6.45, 7) is 0. The van der Waals surface area contributed by atoms with Gasteiger partial charge in [-0.1, -0.05) is 28.8 Å². The molecule has 2 aromatic rings. The number of hydrogen-bond acceptors (Lipinski definition) is 4. The molecule has 1 saturated carbocycles. The first-order valence-electron chi connectivity index (χ1n) is 8.19. The molecule has 1 amide bonds. The van der Waals surface area contributed by atoms with E-state index in [2.05, 4.69) is 31.5 Å². The number of rotatable bonds is 4. The number of aliphatic hydroxyl groups is 1. The SMILES string of the molecule is O=C(NC1CCCCC1O)c1ccncc1Nc1ccc(Br)cc1F. The first-order chi connectivity index (χ1) is 12.0. The fraction of sp³-hybridized carbons (Fsp3) is 0.333. The van der Waals surface area contributed by atoms with E-state index >= 15 is 0 Å². The van der Waals surface area contributed by atoms with Crippen LogP contribution in [0.5, 0.6) is 0 Å². The average molecular weight is 408 g/mol. The van der Waals surface area contributed by atoms with Gasteiger partial charge in [-0.15, -0.1) is 0 Å². The predicted molar refractivity (Wildman–Crippen MR) is 97.3 cm³/mol. The summed E-state index contributed by atoms with van der Waals surface area (Å²) in [6.07, 6.45) is 5.85. The highest BCUT2D eigenvalue weighted by Gasteiger charge is 2.25. The van der Waals surface area contributed by atoms with Gasteiger partial charge in [0.1, 0.15) is 5.82 Å². The Labute approximate surface area is 153 Å². The van der Waals surface area contributed by atoms with Crippen molar-refractivity contribution in [1.29, 1.82) is 0 Å². The molecule has 3 rings (SSSR count). The van der Waals surface area contributed by atoms with Crippen LogP contribution in [0.4, 0.5) is 15.8 Å². The van der Waals surface area contributed by atoms with Gasteiger partial charge in [0.25, 0.3) is 5.91 Å². The van der Waals surface area contributed by atoms with E-state index in [0.29, 0.717) is 22.1 Å². The number of benzene rings is 1. The Bertz CT molecular complexity index is 772. The number of carbonyl (C=O) groups is 1. The molecular formula is C18H19BrFN3O2. The van der Waals surface area contributed by atoms with Crippen molar-refractivity contribution in [2.75, 3.05) is 5.32 Å². The highest BCUT2D eigenvalue weighted by atomic mass is 79.9. The molecule has 1 aliphatic carbocycles. The van der Waals surface area contributed by atoms with Gasteiger partial charge < -0.3 is 15.7 Å². The van der Waals surface area contributed by atoms with Gasteiger partial charge in [0.05, 0.1) is 35.3 Å². The zero-order valence-corrected chi connectivity index (χ0v) is 15.1. The van der Waals surface area contributed by atoms with Gasteiger partial charge in [0.2, 0.25) is 0 Å². The smallest absolute Gasteiger partial charge is 0.253 e. The zero-order valence-electron chi connectivity index (χ0n) is 13.5. The number of nitrogens with zero attached hydrogens (tertiary/aromatic N) is 1. The second-order valence-corrected chi connectivity index (χ2v) is 7.02. The molecule has 0 bridgehead atoms. The molecule has 2 unspecified atom stereocenters. The average Bonchev–Trinajstić information content (AvgIpc) is 2.60. The minimum absolute atomic E-state index is 0.253. The minimum atomic E-state index is -0.528. The van der Waals surface area contributed by atoms with E-state index in [-0.39, 0.29) is 17.6 Å². The molecule has 0 radical (unpaired) electrons. The number of hydrogen-bond donors (Lipinski definition) is 3. The predicted octanol–water partition coefficient (Wildman–Crippen LogP) is 3.76. The van der Waals surface area contributed by atoms with Crippen molar-refractivity contribution < 1.29 is 14.3 Å². The summed E-state index contributed by atoms with van der Waals surface area (Å²) in [5.74, 6) is -0.749. The molecule has 1 heterocycles. The lowest BCUT2D eigenvalue weighted by Crippen LogP contribution is -2.45. The molecule has 1 aromatic carbocycles. The number of pyridine rings is 1. The Morgan fingerprint density at radius 3 is 2.80 bits per heavy atom. The lowest BCUT2D eigenvalue weighted by Gasteiger charge is -2.28. The van der Waals surface area contributed by atoms with Crippen LogP contribution in [0.25, 0.3) is 0 Å². The van der Waals surface area contributed by atoms with E-state index in [1.165, 1.54) is 18.5 Å². The number of halogens is 2. The zero-order chi connectivity index (χ0) is 17.8. The number of anilines is 2. The van der Waals surface area contributed by atoms with Gasteiger partial charge in [0, 0.05) is 10.7 Å². The molecule has 0 spiro atoms. The fourth-order valence-electron chi connectivity index (χ4n) is 2.95. The monoisotopic (exact) mass is 407 g/mol. The van der Waals surface area contributed by atoms with Gasteiger partial charge >= 0.3 is 0 Å². The Balaban J connectivity index is 1.79. The molecule has 3 N–H and O–H groups in total. The number of aromatic nitrogens is 1. The van der Waals surface area contributed by atoms with Gasteiger partial charge in [-0.3, -0.25) is 9.78 Å². The topological polar surface area (TPSA) is 74.2 Å². The quantitative estimate of drug-likeness (QED) is 0.721. The standard InChI is InChI=1S/C18H19BrFN3O2/c19-11-5-6-14(13(20)9-11)22-16-10-21-8-7-12(16)18(25)23-15-3-1-2-4-17(15)24/h5-10,15,17,22,24H,1-4H2,(H,23,25). The maximum Gasteiger partial charge on any atom is 0.253 e. The summed E-state index contributed by atoms with van der Waals surface area (Å²) in [5, 5.41) is 15.8. The van der Waals surface area contributed by atoms with Crippen molar-refractivity contribution in [2.45, 2.75) is 37.8 Å². The lowest BCUT2D eigenvalue weighted by atomic mass is 9.92. The molecule has 25 heavy (non-hydrogen) atoms. The first-order valence-corrected chi connectivity index (χ1v) is 8.99. The van der Waals surface area contributed by atoms with Crippen LogP contribution in [0.2, 0.25) is 0 Å². The minimum Gasteiger partial charge on any atom is -0.391 e. The van der Waals surface area contributed by atoms with Crippen LogP contribution in [0.15, 0.2) is 41.1 Å². The Morgan fingerprint density at radius 1 is 1.24 bits per heavy atom. The molecular weight excluding hydrogens is 389 g/mol. The maximum atomic E-state index is 14.0. The van der Waals surface area contributed by atoms with Crippen LogP contribution in [-0.2, 0) is 0 Å². The summed E-state index contributed by atoms with van der Waals surface area (Å²) >= 11 is 3.21. The van der Waals surface area contributed by atoms with Crippen LogP contribution in [0.3, 0.4) is 0 Å². The second kappa shape index (κ2) is 7.93. The first kappa shape index (κ1) is 17.8. The summed E-state index contributed by atoms with van der Waals surface area (Å²) in [7, 11) is 0. The molecule has 7 heteroatoms. The number of carbonyl (C=O) groups excluding carboxylic acids is 1. The van der Waals surface area contributed by atoms with Crippen LogP contribution in [-0.4, -0.2) is 28.1 Å². The molecule has 2 atom stereocenters. The third kappa shape index (κ3) is 4.35. The van der Waals surface area contributed by atoms with Crippen LogP contribution < -0.4 is 10.6 Å². The third-order valence-electron chi connectivity index (χ3n) is 4.31. The molecule has 0 aliphatic heterocycles. The third-order valence-corrected chi connectivity index (χ3v) is 4.81. The summed E-state index contributed by atoms with van der Waals surface area (Å²) in [4.78, 5) is 16.6. The van der Waals surface area contributed by atoms with E-state index < -0.39 is 11.9 Å². The molecule has 1 fully saturated rings. The van der Waals surface area contributed by atoms with E-state index in [9.17, 15) is 14.3 Å². The van der Waals surface area contributed by atoms with Gasteiger partial charge in [-0.05, 0) is 37.1 Å². The normalized spacial score (nSPS) is 20.1. The van der Waals surface area contributed by atoms with E-state index in [1.54, 1.807) is 18.2 Å². The van der Waals surface area contributed by atoms with E-state index in [1.807, 2.05) is 0 Å². The van der Waals surface area contributed by atoms with Crippen molar-refractivity contribution in [3.8, 4) is 0 Å². The number of aliphatic hydroxyl groups excluding tert-OH is 1. The van der Waals surface area contributed by atoms with Crippen molar-refractivity contribution >= 4 is 33.2 Å². The number of nitrogens with one attached hydrogen (secondary N) is 2. The molecule has 132 valence electrons. The lowest BCUT2D eigenvalue weighted by molar-refractivity contribution is 0.0718. The van der Waals surface area contributed by atoms with E-state index in [4.69, 9.17) is 0 Å². The second-order valence-electron chi connectivity index (χ2n) is 6.10. The van der Waals surface area contributed by atoms with Crippen LogP contribution in [0, 0.1) is 5.82 Å². The van der Waals surface area contributed by atoms with Gasteiger partial charge in [-0.2, -0.15) is 0 Å². The summed E-state index contributed by atoms with van der Waals surface area (Å²) in [6, 6.07) is 5.95. The maximum absolute atomic E-state index is 14.0. The largest absolute Gasteiger partial charge is 0.391 e. The van der Waals surface area contributed by atoms with Crippen LogP contribution >= 0.6 is 15.9 Å². The van der Waals surface area contributed by atoms with Crippen molar-refractivity contribution in [3.05, 3.63) is 52.5 Å². The fourth-order valence-corrected chi connectivity index (χ4v) is 3.29. The van der Waals surface area contributed by atoms with Gasteiger partial charge in [-0.25, -0.2) is 4.39 Å². The van der Waals surface area contributed by atoms with E-state index in [0.717, 1.165) is 19.3 Å². The van der Waals surface area contributed by atoms with Crippen molar-refractivity contribution in [1.82, 2.24) is 10.3 Å². The Hall–Kier alpha value is -1.99. The number of amides is 1. The van der Waals surface area contributed by atoms with Crippen molar-refractivity contribution in [3.63, 3.8) is 0 Å². The Kier molecular flexibility index (Phi) is 5.65. The highest BCUT2D eigenvalue weighted by Crippen LogP contribution is 2.25. The summed E-state index contributed by atoms with van der Waals surface area (Å²) in [5.41, 5.74) is 1.02. The highest BCUT2D eigenvalue weighted by molar-refractivity contribution is 9.10. The molecule has 5 nitrogen and oxygen atoms in total.